The monoisotopic (exact) mass is 433 g/mol. The first-order valence-corrected chi connectivity index (χ1v) is 9.95. The average Bonchev–Trinajstić information content (AvgIpc) is 2.86. The van der Waals surface area contributed by atoms with Gasteiger partial charge >= 0.3 is 12.1 Å². The molecule has 0 aromatic carbocycles. The molecule has 0 aliphatic rings. The molecule has 0 saturated heterocycles. The maximum Gasteiger partial charge on any atom is 0.433 e. The Kier molecular flexibility index (Phi) is 7.05. The summed E-state index contributed by atoms with van der Waals surface area (Å²) in [6.07, 6.45) is -4.59. The average molecular weight is 433 g/mol. The Morgan fingerprint density at radius 3 is 2.54 bits per heavy atom. The molecule has 0 saturated carbocycles. The van der Waals surface area contributed by atoms with Gasteiger partial charge in [-0.3, -0.25) is 4.79 Å². The SMILES string of the molecule is CCOC(=O)c1c(NC(=O)CSc2nc(C)cc(C(F)(F)F)n2)sc(C)c1C. The molecular weight excluding hydrogens is 415 g/mol. The minimum Gasteiger partial charge on any atom is -0.462 e. The maximum atomic E-state index is 12.8. The fraction of sp³-hybridized carbons (Fsp3) is 0.412. The van der Waals surface area contributed by atoms with Crippen molar-refractivity contribution in [3.8, 4) is 0 Å². The van der Waals surface area contributed by atoms with Crippen LogP contribution in [0.1, 0.15) is 39.1 Å². The van der Waals surface area contributed by atoms with Gasteiger partial charge in [0, 0.05) is 10.6 Å². The first kappa shape index (κ1) is 22.2. The molecule has 0 spiro atoms. The lowest BCUT2D eigenvalue weighted by Crippen LogP contribution is -2.17. The summed E-state index contributed by atoms with van der Waals surface area (Å²) >= 11 is 2.01. The number of carbonyl (C=O) groups is 2. The molecule has 1 N–H and O–H groups in total. The number of ether oxygens (including phenoxy) is 1. The van der Waals surface area contributed by atoms with Gasteiger partial charge in [-0.25, -0.2) is 14.8 Å². The highest BCUT2D eigenvalue weighted by molar-refractivity contribution is 7.99. The van der Waals surface area contributed by atoms with Gasteiger partial charge in [0.1, 0.15) is 10.7 Å². The minimum absolute atomic E-state index is 0.147. The van der Waals surface area contributed by atoms with Gasteiger partial charge in [-0.15, -0.1) is 11.3 Å². The third kappa shape index (κ3) is 5.44. The Morgan fingerprint density at radius 1 is 1.25 bits per heavy atom. The molecule has 0 unspecified atom stereocenters. The molecule has 6 nitrogen and oxygen atoms in total. The lowest BCUT2D eigenvalue weighted by molar-refractivity contribution is -0.141. The number of thiophene rings is 1. The molecule has 11 heteroatoms. The number of amides is 1. The molecule has 28 heavy (non-hydrogen) atoms. The summed E-state index contributed by atoms with van der Waals surface area (Å²) in [5, 5.41) is 2.82. The van der Waals surface area contributed by atoms with E-state index in [1.54, 1.807) is 13.8 Å². The molecule has 2 aromatic rings. The van der Waals surface area contributed by atoms with Crippen LogP contribution in [0, 0.1) is 20.8 Å². The molecule has 0 radical (unpaired) electrons. The molecule has 152 valence electrons. The maximum absolute atomic E-state index is 12.8. The van der Waals surface area contributed by atoms with Crippen molar-refractivity contribution >= 4 is 40.0 Å². The second-order valence-electron chi connectivity index (χ2n) is 5.72. The van der Waals surface area contributed by atoms with Crippen LogP contribution in [0.4, 0.5) is 18.2 Å². The number of aryl methyl sites for hydroxylation is 2. The van der Waals surface area contributed by atoms with E-state index < -0.39 is 23.7 Å². The quantitative estimate of drug-likeness (QED) is 0.413. The van der Waals surface area contributed by atoms with Crippen LogP contribution in [0.5, 0.6) is 0 Å². The van der Waals surface area contributed by atoms with Crippen LogP contribution in [0.3, 0.4) is 0 Å². The Labute approximate surface area is 167 Å². The lowest BCUT2D eigenvalue weighted by atomic mass is 10.1. The van der Waals surface area contributed by atoms with Gasteiger partial charge in [-0.2, -0.15) is 13.2 Å². The van der Waals surface area contributed by atoms with Crippen molar-refractivity contribution in [3.63, 3.8) is 0 Å². The smallest absolute Gasteiger partial charge is 0.433 e. The molecule has 0 aliphatic carbocycles. The third-order valence-corrected chi connectivity index (χ3v) is 5.54. The molecule has 1 amide bonds. The number of carbonyl (C=O) groups excluding carboxylic acids is 2. The molecule has 2 rings (SSSR count). The van der Waals surface area contributed by atoms with Crippen molar-refractivity contribution in [1.29, 1.82) is 0 Å². The van der Waals surface area contributed by atoms with Crippen LogP contribution in [0.25, 0.3) is 0 Å². The normalized spacial score (nSPS) is 11.4. The first-order chi connectivity index (χ1) is 13.0. The zero-order valence-corrected chi connectivity index (χ0v) is 17.2. The van der Waals surface area contributed by atoms with Crippen LogP contribution in [0.15, 0.2) is 11.2 Å². The van der Waals surface area contributed by atoms with E-state index in [0.29, 0.717) is 10.6 Å². The van der Waals surface area contributed by atoms with Crippen molar-refractivity contribution in [3.05, 3.63) is 33.5 Å². The Morgan fingerprint density at radius 2 is 1.93 bits per heavy atom. The predicted octanol–water partition coefficient (Wildman–Crippen LogP) is 4.39. The second-order valence-corrected chi connectivity index (χ2v) is 7.89. The van der Waals surface area contributed by atoms with Crippen LogP contribution < -0.4 is 5.32 Å². The number of anilines is 1. The number of nitrogens with zero attached hydrogens (tertiary/aromatic N) is 2. The van der Waals surface area contributed by atoms with Gasteiger partial charge in [0.05, 0.1) is 17.9 Å². The van der Waals surface area contributed by atoms with Gasteiger partial charge in [0.15, 0.2) is 5.16 Å². The molecule has 2 aromatic heterocycles. The number of halogens is 3. The highest BCUT2D eigenvalue weighted by atomic mass is 32.2. The fourth-order valence-corrected chi connectivity index (χ4v) is 3.98. The third-order valence-electron chi connectivity index (χ3n) is 3.57. The van der Waals surface area contributed by atoms with Gasteiger partial charge in [0.25, 0.3) is 0 Å². The number of aromatic nitrogens is 2. The number of alkyl halides is 3. The predicted molar refractivity (Wildman–Crippen MR) is 101 cm³/mol. The number of rotatable bonds is 6. The highest BCUT2D eigenvalue weighted by Crippen LogP contribution is 2.33. The molecule has 0 fully saturated rings. The van der Waals surface area contributed by atoms with Crippen molar-refractivity contribution < 1.29 is 27.5 Å². The number of thioether (sulfide) groups is 1. The van der Waals surface area contributed by atoms with Crippen LogP contribution in [0.2, 0.25) is 0 Å². The van der Waals surface area contributed by atoms with E-state index in [0.717, 1.165) is 22.7 Å². The summed E-state index contributed by atoms with van der Waals surface area (Å²) in [5.74, 6) is -1.24. The second kappa shape index (κ2) is 8.91. The molecule has 0 bridgehead atoms. The zero-order valence-electron chi connectivity index (χ0n) is 15.6. The van der Waals surface area contributed by atoms with E-state index in [1.807, 2.05) is 6.92 Å². The van der Waals surface area contributed by atoms with Gasteiger partial charge in [-0.1, -0.05) is 11.8 Å². The lowest BCUT2D eigenvalue weighted by Gasteiger charge is -2.09. The zero-order chi connectivity index (χ0) is 21.1. The van der Waals surface area contributed by atoms with E-state index in [4.69, 9.17) is 4.74 Å². The molecule has 0 atom stereocenters. The Bertz CT molecular complexity index is 898. The molecule has 0 aliphatic heterocycles. The summed E-state index contributed by atoms with van der Waals surface area (Å²) in [4.78, 5) is 32.6. The Balaban J connectivity index is 2.11. The van der Waals surface area contributed by atoms with Crippen LogP contribution in [-0.2, 0) is 15.7 Å². The van der Waals surface area contributed by atoms with Crippen LogP contribution >= 0.6 is 23.1 Å². The van der Waals surface area contributed by atoms with E-state index in [1.165, 1.54) is 18.3 Å². The summed E-state index contributed by atoms with van der Waals surface area (Å²) in [6.45, 7) is 6.86. The largest absolute Gasteiger partial charge is 0.462 e. The number of hydrogen-bond acceptors (Lipinski definition) is 7. The van der Waals surface area contributed by atoms with Crippen molar-refractivity contribution in [1.82, 2.24) is 9.97 Å². The van der Waals surface area contributed by atoms with Crippen molar-refractivity contribution in [2.75, 3.05) is 17.7 Å². The molecular formula is C17H18F3N3O3S2. The van der Waals surface area contributed by atoms with Gasteiger partial charge < -0.3 is 10.1 Å². The first-order valence-electron chi connectivity index (χ1n) is 8.15. The van der Waals surface area contributed by atoms with E-state index >= 15 is 0 Å². The minimum atomic E-state index is -4.59. The fourth-order valence-electron chi connectivity index (χ4n) is 2.21. The van der Waals surface area contributed by atoms with E-state index in [2.05, 4.69) is 15.3 Å². The molecule has 2 heterocycles. The number of hydrogen-bond donors (Lipinski definition) is 1. The summed E-state index contributed by atoms with van der Waals surface area (Å²) in [5.41, 5.74) is 0.0912. The number of nitrogens with one attached hydrogen (secondary N) is 1. The van der Waals surface area contributed by atoms with Crippen LogP contribution in [-0.4, -0.2) is 34.2 Å². The summed E-state index contributed by atoms with van der Waals surface area (Å²) in [6, 6.07) is 0.840. The summed E-state index contributed by atoms with van der Waals surface area (Å²) < 4.78 is 43.5. The summed E-state index contributed by atoms with van der Waals surface area (Å²) in [7, 11) is 0. The number of esters is 1. The van der Waals surface area contributed by atoms with Gasteiger partial charge in [0.2, 0.25) is 5.91 Å². The van der Waals surface area contributed by atoms with Gasteiger partial charge in [-0.05, 0) is 39.3 Å². The topological polar surface area (TPSA) is 81.2 Å². The van der Waals surface area contributed by atoms with Crippen molar-refractivity contribution in [2.45, 2.75) is 39.0 Å². The highest BCUT2D eigenvalue weighted by Gasteiger charge is 2.33. The van der Waals surface area contributed by atoms with Crippen molar-refractivity contribution in [2.24, 2.45) is 0 Å². The Hall–Kier alpha value is -2.14. The standard InChI is InChI=1S/C17H18F3N3O3S2/c1-5-26-15(25)13-9(3)10(4)28-14(13)23-12(24)7-27-16-21-8(2)6-11(22-16)17(18,19)20/h6H,5,7H2,1-4H3,(H,23,24). The van der Waals surface area contributed by atoms with E-state index in [9.17, 15) is 22.8 Å². The van der Waals surface area contributed by atoms with E-state index in [-0.39, 0.29) is 28.8 Å².